The molecule has 0 saturated carbocycles. The van der Waals surface area contributed by atoms with Crippen molar-refractivity contribution >= 4 is 23.0 Å². The van der Waals surface area contributed by atoms with E-state index in [4.69, 9.17) is 10.8 Å². The largest absolute Gasteiger partial charge is 0.478 e. The Kier molecular flexibility index (Phi) is 2.86. The number of carboxylic acids is 1. The maximum atomic E-state index is 11.0. The van der Waals surface area contributed by atoms with Crippen LogP contribution in [0, 0.1) is 0 Å². The minimum atomic E-state index is -0.960. The molecule has 3 rings (SSSR count). The number of rotatable bonds is 2. The van der Waals surface area contributed by atoms with Crippen LogP contribution in [0.15, 0.2) is 42.5 Å². The predicted molar refractivity (Wildman–Crippen MR) is 79.6 cm³/mol. The smallest absolute Gasteiger partial charge is 0.335 e. The highest BCUT2D eigenvalue weighted by molar-refractivity contribution is 5.91. The van der Waals surface area contributed by atoms with E-state index in [1.807, 2.05) is 12.1 Å². The average molecular weight is 268 g/mol. The summed E-state index contributed by atoms with van der Waals surface area (Å²) in [5.41, 5.74) is 10.1. The normalized spacial score (nSPS) is 17.1. The molecule has 0 radical (unpaired) electrons. The first kappa shape index (κ1) is 12.5. The first-order valence-electron chi connectivity index (χ1n) is 6.58. The molecule has 0 aromatic heterocycles. The van der Waals surface area contributed by atoms with Crippen molar-refractivity contribution in [2.24, 2.45) is 0 Å². The maximum absolute atomic E-state index is 11.0. The number of fused-ring (bicyclic) bond motifs is 1. The molecule has 1 unspecified atom stereocenters. The van der Waals surface area contributed by atoms with Gasteiger partial charge in [-0.2, -0.15) is 0 Å². The van der Waals surface area contributed by atoms with Crippen LogP contribution in [0.2, 0.25) is 0 Å². The van der Waals surface area contributed by atoms with E-state index in [9.17, 15) is 4.79 Å². The second kappa shape index (κ2) is 4.56. The molecular weight excluding hydrogens is 252 g/mol. The van der Waals surface area contributed by atoms with Gasteiger partial charge in [-0.1, -0.05) is 18.2 Å². The summed E-state index contributed by atoms with van der Waals surface area (Å²) in [6.45, 7) is 2.14. The Morgan fingerprint density at radius 3 is 2.70 bits per heavy atom. The van der Waals surface area contributed by atoms with Gasteiger partial charge in [0.2, 0.25) is 0 Å². The Bertz CT molecular complexity index is 682. The van der Waals surface area contributed by atoms with Gasteiger partial charge in [0, 0.05) is 11.7 Å². The molecule has 1 heterocycles. The van der Waals surface area contributed by atoms with Crippen molar-refractivity contribution in [2.75, 3.05) is 10.6 Å². The number of nitrogens with two attached hydrogens (primary N) is 1. The van der Waals surface area contributed by atoms with Crippen molar-refractivity contribution in [3.8, 4) is 0 Å². The van der Waals surface area contributed by atoms with Crippen molar-refractivity contribution in [1.29, 1.82) is 0 Å². The number of para-hydroxylation sites is 1. The third-order valence-electron chi connectivity index (χ3n) is 3.74. The van der Waals surface area contributed by atoms with Crippen molar-refractivity contribution in [3.63, 3.8) is 0 Å². The molecule has 1 atom stereocenters. The van der Waals surface area contributed by atoms with E-state index in [1.54, 1.807) is 12.1 Å². The van der Waals surface area contributed by atoms with E-state index in [2.05, 4.69) is 24.0 Å². The minimum absolute atomic E-state index is 0.214. The molecule has 0 spiro atoms. The molecule has 4 heteroatoms. The molecular formula is C16H16N2O2. The lowest BCUT2D eigenvalue weighted by Gasteiger charge is -2.26. The van der Waals surface area contributed by atoms with Crippen LogP contribution in [0.3, 0.4) is 0 Å². The van der Waals surface area contributed by atoms with Crippen LogP contribution in [0.4, 0.5) is 17.1 Å². The fraction of sp³-hybridized carbons (Fsp3) is 0.188. The Hall–Kier alpha value is -2.49. The SMILES string of the molecule is CC1Cc2ccccc2N1c1ccc(C(=O)O)cc1N. The summed E-state index contributed by atoms with van der Waals surface area (Å²) in [4.78, 5) is 13.2. The molecule has 0 bridgehead atoms. The van der Waals surface area contributed by atoms with Gasteiger partial charge in [0.15, 0.2) is 0 Å². The van der Waals surface area contributed by atoms with Gasteiger partial charge in [-0.05, 0) is 43.2 Å². The Balaban J connectivity index is 2.07. The zero-order valence-electron chi connectivity index (χ0n) is 11.2. The monoisotopic (exact) mass is 268 g/mol. The zero-order chi connectivity index (χ0) is 14.3. The summed E-state index contributed by atoms with van der Waals surface area (Å²) in [6, 6.07) is 13.4. The Morgan fingerprint density at radius 2 is 2.00 bits per heavy atom. The van der Waals surface area contributed by atoms with Crippen LogP contribution in [-0.4, -0.2) is 17.1 Å². The summed E-state index contributed by atoms with van der Waals surface area (Å²) >= 11 is 0. The lowest BCUT2D eigenvalue weighted by Crippen LogP contribution is -2.24. The molecule has 20 heavy (non-hydrogen) atoms. The van der Waals surface area contributed by atoms with Crippen LogP contribution < -0.4 is 10.6 Å². The Morgan fingerprint density at radius 1 is 1.25 bits per heavy atom. The van der Waals surface area contributed by atoms with Gasteiger partial charge in [0.05, 0.1) is 16.9 Å². The fourth-order valence-electron chi connectivity index (χ4n) is 2.84. The maximum Gasteiger partial charge on any atom is 0.335 e. The number of nitrogens with zero attached hydrogens (tertiary/aromatic N) is 1. The van der Waals surface area contributed by atoms with Crippen molar-refractivity contribution in [1.82, 2.24) is 0 Å². The van der Waals surface area contributed by atoms with E-state index in [-0.39, 0.29) is 5.56 Å². The quantitative estimate of drug-likeness (QED) is 0.821. The van der Waals surface area contributed by atoms with E-state index >= 15 is 0 Å². The van der Waals surface area contributed by atoms with Gasteiger partial charge in [-0.15, -0.1) is 0 Å². The highest BCUT2D eigenvalue weighted by Gasteiger charge is 2.28. The van der Waals surface area contributed by atoms with Crippen LogP contribution >= 0.6 is 0 Å². The highest BCUT2D eigenvalue weighted by atomic mass is 16.4. The first-order valence-corrected chi connectivity index (χ1v) is 6.58. The van der Waals surface area contributed by atoms with Gasteiger partial charge in [-0.25, -0.2) is 4.79 Å². The van der Waals surface area contributed by atoms with Gasteiger partial charge in [0.1, 0.15) is 0 Å². The second-order valence-electron chi connectivity index (χ2n) is 5.13. The molecule has 4 nitrogen and oxygen atoms in total. The molecule has 2 aromatic carbocycles. The number of anilines is 3. The van der Waals surface area contributed by atoms with Crippen LogP contribution in [0.25, 0.3) is 0 Å². The summed E-state index contributed by atoms with van der Waals surface area (Å²) in [6.07, 6.45) is 0.969. The lowest BCUT2D eigenvalue weighted by atomic mass is 10.1. The third-order valence-corrected chi connectivity index (χ3v) is 3.74. The van der Waals surface area contributed by atoms with Crippen molar-refractivity contribution in [3.05, 3.63) is 53.6 Å². The number of hydrogen-bond donors (Lipinski definition) is 2. The number of benzene rings is 2. The number of carbonyl (C=O) groups is 1. The number of hydrogen-bond acceptors (Lipinski definition) is 3. The summed E-state index contributed by atoms with van der Waals surface area (Å²) in [7, 11) is 0. The molecule has 1 aliphatic rings. The first-order chi connectivity index (χ1) is 9.58. The molecule has 102 valence electrons. The Labute approximate surface area is 117 Å². The van der Waals surface area contributed by atoms with Gasteiger partial charge >= 0.3 is 5.97 Å². The molecule has 1 aliphatic heterocycles. The number of nitrogen functional groups attached to an aromatic ring is 1. The lowest BCUT2D eigenvalue weighted by molar-refractivity contribution is 0.0697. The fourth-order valence-corrected chi connectivity index (χ4v) is 2.84. The average Bonchev–Trinajstić information content (AvgIpc) is 2.74. The highest BCUT2D eigenvalue weighted by Crippen LogP contribution is 2.40. The summed E-state index contributed by atoms with van der Waals surface area (Å²) in [5, 5.41) is 9.01. The molecule has 3 N–H and O–H groups in total. The third kappa shape index (κ3) is 1.90. The van der Waals surface area contributed by atoms with E-state index in [1.165, 1.54) is 11.6 Å². The molecule has 0 amide bonds. The van der Waals surface area contributed by atoms with E-state index in [0.29, 0.717) is 11.7 Å². The predicted octanol–water partition coefficient (Wildman–Crippen LogP) is 3.05. The van der Waals surface area contributed by atoms with Crippen LogP contribution in [-0.2, 0) is 6.42 Å². The molecule has 0 fully saturated rings. The summed E-state index contributed by atoms with van der Waals surface area (Å²) < 4.78 is 0. The van der Waals surface area contributed by atoms with E-state index < -0.39 is 5.97 Å². The number of aromatic carboxylic acids is 1. The van der Waals surface area contributed by atoms with Gasteiger partial charge < -0.3 is 15.7 Å². The second-order valence-corrected chi connectivity index (χ2v) is 5.13. The van der Waals surface area contributed by atoms with Crippen LogP contribution in [0.1, 0.15) is 22.8 Å². The van der Waals surface area contributed by atoms with E-state index in [0.717, 1.165) is 17.8 Å². The minimum Gasteiger partial charge on any atom is -0.478 e. The number of carboxylic acid groups (broad SMARTS) is 1. The zero-order valence-corrected chi connectivity index (χ0v) is 11.2. The summed E-state index contributed by atoms with van der Waals surface area (Å²) in [5.74, 6) is -0.960. The van der Waals surface area contributed by atoms with Crippen LogP contribution in [0.5, 0.6) is 0 Å². The standard InChI is InChI=1S/C16H16N2O2/c1-10-8-11-4-2-3-5-14(11)18(10)15-7-6-12(16(19)20)9-13(15)17/h2-7,9-10H,8,17H2,1H3,(H,19,20). The van der Waals surface area contributed by atoms with Crippen molar-refractivity contribution < 1.29 is 9.90 Å². The van der Waals surface area contributed by atoms with Gasteiger partial charge in [-0.3, -0.25) is 0 Å². The molecule has 2 aromatic rings. The van der Waals surface area contributed by atoms with Gasteiger partial charge in [0.25, 0.3) is 0 Å². The molecule has 0 aliphatic carbocycles. The topological polar surface area (TPSA) is 66.6 Å². The van der Waals surface area contributed by atoms with Crippen molar-refractivity contribution in [2.45, 2.75) is 19.4 Å². The molecule has 0 saturated heterocycles.